The number of aromatic nitrogens is 2. The Labute approximate surface area is 104 Å². The van der Waals surface area contributed by atoms with E-state index in [9.17, 15) is 9.59 Å². The van der Waals surface area contributed by atoms with E-state index in [1.807, 2.05) is 0 Å². The highest BCUT2D eigenvalue weighted by molar-refractivity contribution is 5.91. The van der Waals surface area contributed by atoms with Crippen LogP contribution in [0.5, 0.6) is 0 Å². The minimum absolute atomic E-state index is 0.219. The summed E-state index contributed by atoms with van der Waals surface area (Å²) in [5.41, 5.74) is -0.101. The number of rotatable bonds is 4. The maximum atomic E-state index is 11.7. The molecule has 1 aromatic rings. The summed E-state index contributed by atoms with van der Waals surface area (Å²) in [5.74, 6) is -0.278. The molecule has 0 bridgehead atoms. The van der Waals surface area contributed by atoms with Gasteiger partial charge in [0.25, 0.3) is 11.5 Å². The Morgan fingerprint density at radius 3 is 2.89 bits per heavy atom. The molecule has 0 aromatic carbocycles. The van der Waals surface area contributed by atoms with E-state index in [-0.39, 0.29) is 17.2 Å². The number of H-pyrrole nitrogens is 1. The molecular formula is C11H16N4O3. The first kappa shape index (κ1) is 12.7. The van der Waals surface area contributed by atoms with Gasteiger partial charge in [-0.25, -0.2) is 5.10 Å². The van der Waals surface area contributed by atoms with E-state index in [0.717, 1.165) is 32.8 Å². The first-order valence-electron chi connectivity index (χ1n) is 5.90. The number of carbonyl (C=O) groups excluding carboxylic acids is 1. The molecule has 0 radical (unpaired) electrons. The molecule has 0 atom stereocenters. The first-order chi connectivity index (χ1) is 8.75. The van der Waals surface area contributed by atoms with Crippen molar-refractivity contribution in [2.45, 2.75) is 0 Å². The molecule has 18 heavy (non-hydrogen) atoms. The second kappa shape index (κ2) is 6.27. The van der Waals surface area contributed by atoms with E-state index >= 15 is 0 Å². The van der Waals surface area contributed by atoms with Crippen molar-refractivity contribution < 1.29 is 9.53 Å². The lowest BCUT2D eigenvalue weighted by Gasteiger charge is -2.26. The fourth-order valence-electron chi connectivity index (χ4n) is 1.71. The fourth-order valence-corrected chi connectivity index (χ4v) is 1.71. The van der Waals surface area contributed by atoms with Crippen LogP contribution in [0.25, 0.3) is 0 Å². The van der Waals surface area contributed by atoms with E-state index in [1.54, 1.807) is 0 Å². The maximum Gasteiger partial charge on any atom is 0.271 e. The predicted molar refractivity (Wildman–Crippen MR) is 64.4 cm³/mol. The summed E-state index contributed by atoms with van der Waals surface area (Å²) in [7, 11) is 0. The van der Waals surface area contributed by atoms with Crippen molar-refractivity contribution in [1.82, 2.24) is 20.4 Å². The lowest BCUT2D eigenvalue weighted by atomic mass is 10.3. The van der Waals surface area contributed by atoms with Crippen molar-refractivity contribution in [3.05, 3.63) is 28.2 Å². The molecule has 1 aliphatic heterocycles. The van der Waals surface area contributed by atoms with E-state index in [4.69, 9.17) is 4.74 Å². The summed E-state index contributed by atoms with van der Waals surface area (Å²) in [6.07, 6.45) is 0. The van der Waals surface area contributed by atoms with Crippen molar-refractivity contribution in [1.29, 1.82) is 0 Å². The maximum absolute atomic E-state index is 11.7. The van der Waals surface area contributed by atoms with Crippen LogP contribution in [0, 0.1) is 0 Å². The van der Waals surface area contributed by atoms with Gasteiger partial charge in [-0.3, -0.25) is 14.5 Å². The molecule has 98 valence electrons. The first-order valence-corrected chi connectivity index (χ1v) is 5.90. The van der Waals surface area contributed by atoms with Crippen LogP contribution in [-0.4, -0.2) is 60.4 Å². The number of nitrogens with zero attached hydrogens (tertiary/aromatic N) is 2. The lowest BCUT2D eigenvalue weighted by molar-refractivity contribution is 0.0383. The molecule has 0 aliphatic carbocycles. The highest BCUT2D eigenvalue weighted by Gasteiger charge is 2.11. The standard InChI is InChI=1S/C11H16N4O3/c16-10-2-1-9(13-14-10)11(17)12-3-4-15-5-7-18-8-6-15/h1-2H,3-8H2,(H,12,17)(H,14,16). The number of morpholine rings is 1. The Balaban J connectivity index is 1.74. The molecule has 0 spiro atoms. The van der Waals surface area contributed by atoms with Crippen molar-refractivity contribution in [2.24, 2.45) is 0 Å². The summed E-state index contributed by atoms with van der Waals surface area (Å²) in [6.45, 7) is 4.63. The number of nitrogens with one attached hydrogen (secondary N) is 2. The topological polar surface area (TPSA) is 87.3 Å². The van der Waals surface area contributed by atoms with Crippen molar-refractivity contribution in [2.75, 3.05) is 39.4 Å². The van der Waals surface area contributed by atoms with Gasteiger partial charge in [-0.2, -0.15) is 5.10 Å². The third kappa shape index (κ3) is 3.64. The highest BCUT2D eigenvalue weighted by Crippen LogP contribution is 1.95. The molecule has 1 saturated heterocycles. The van der Waals surface area contributed by atoms with Gasteiger partial charge in [0.2, 0.25) is 0 Å². The van der Waals surface area contributed by atoms with Gasteiger partial charge in [-0.1, -0.05) is 0 Å². The minimum atomic E-state index is -0.320. The second-order valence-corrected chi connectivity index (χ2v) is 4.02. The summed E-state index contributed by atoms with van der Waals surface area (Å²) >= 11 is 0. The Hall–Kier alpha value is -1.73. The van der Waals surface area contributed by atoms with Crippen molar-refractivity contribution in [3.63, 3.8) is 0 Å². The van der Waals surface area contributed by atoms with E-state index in [2.05, 4.69) is 20.4 Å². The SMILES string of the molecule is O=C(NCCN1CCOCC1)c1ccc(=O)[nH]n1. The summed E-state index contributed by atoms with van der Waals surface area (Å²) in [4.78, 5) is 24.7. The van der Waals surface area contributed by atoms with Gasteiger partial charge in [0.05, 0.1) is 13.2 Å². The molecule has 0 unspecified atom stereocenters. The van der Waals surface area contributed by atoms with E-state index in [0.29, 0.717) is 6.54 Å². The molecule has 1 aromatic heterocycles. The number of amides is 1. The van der Waals surface area contributed by atoms with E-state index in [1.165, 1.54) is 12.1 Å². The summed E-state index contributed by atoms with van der Waals surface area (Å²) in [5, 5.41) is 8.65. The van der Waals surface area contributed by atoms with Crippen LogP contribution in [0.3, 0.4) is 0 Å². The molecule has 7 heteroatoms. The number of hydrogen-bond acceptors (Lipinski definition) is 5. The van der Waals surface area contributed by atoms with Gasteiger partial charge < -0.3 is 10.1 Å². The second-order valence-electron chi connectivity index (χ2n) is 4.02. The highest BCUT2D eigenvalue weighted by atomic mass is 16.5. The van der Waals surface area contributed by atoms with Gasteiger partial charge in [-0.05, 0) is 6.07 Å². The van der Waals surface area contributed by atoms with Gasteiger partial charge in [0, 0.05) is 32.2 Å². The smallest absolute Gasteiger partial charge is 0.271 e. The van der Waals surface area contributed by atoms with Crippen LogP contribution >= 0.6 is 0 Å². The summed E-state index contributed by atoms with van der Waals surface area (Å²) < 4.78 is 5.23. The van der Waals surface area contributed by atoms with E-state index < -0.39 is 0 Å². The Bertz CT molecular complexity index is 433. The molecule has 1 amide bonds. The van der Waals surface area contributed by atoms with Crippen LogP contribution in [0.2, 0.25) is 0 Å². The van der Waals surface area contributed by atoms with Gasteiger partial charge >= 0.3 is 0 Å². The van der Waals surface area contributed by atoms with Gasteiger partial charge in [0.1, 0.15) is 5.69 Å². The van der Waals surface area contributed by atoms with Gasteiger partial charge in [-0.15, -0.1) is 0 Å². The number of ether oxygens (including phenoxy) is 1. The zero-order chi connectivity index (χ0) is 12.8. The minimum Gasteiger partial charge on any atom is -0.379 e. The Morgan fingerprint density at radius 2 is 2.22 bits per heavy atom. The molecule has 1 fully saturated rings. The average Bonchev–Trinajstić information content (AvgIpc) is 2.40. The Morgan fingerprint density at radius 1 is 1.44 bits per heavy atom. The predicted octanol–water partition coefficient (Wildman–Crippen LogP) is -1.17. The third-order valence-electron chi connectivity index (χ3n) is 2.73. The fraction of sp³-hybridized carbons (Fsp3) is 0.545. The third-order valence-corrected chi connectivity index (χ3v) is 2.73. The number of hydrogen-bond donors (Lipinski definition) is 2. The molecule has 7 nitrogen and oxygen atoms in total. The van der Waals surface area contributed by atoms with Crippen LogP contribution in [0.15, 0.2) is 16.9 Å². The summed E-state index contributed by atoms with van der Waals surface area (Å²) in [6, 6.07) is 2.69. The van der Waals surface area contributed by atoms with Crippen molar-refractivity contribution >= 4 is 5.91 Å². The van der Waals surface area contributed by atoms with Crippen LogP contribution in [0.1, 0.15) is 10.5 Å². The van der Waals surface area contributed by atoms with Gasteiger partial charge in [0.15, 0.2) is 0 Å². The zero-order valence-corrected chi connectivity index (χ0v) is 10.0. The molecule has 2 N–H and O–H groups in total. The average molecular weight is 252 g/mol. The van der Waals surface area contributed by atoms with Crippen LogP contribution in [-0.2, 0) is 4.74 Å². The molecule has 0 saturated carbocycles. The lowest BCUT2D eigenvalue weighted by Crippen LogP contribution is -2.41. The molecular weight excluding hydrogens is 236 g/mol. The Kier molecular flexibility index (Phi) is 4.43. The zero-order valence-electron chi connectivity index (χ0n) is 10.0. The molecule has 2 heterocycles. The number of aromatic amines is 1. The molecule has 1 aliphatic rings. The van der Waals surface area contributed by atoms with Crippen LogP contribution in [0.4, 0.5) is 0 Å². The monoisotopic (exact) mass is 252 g/mol. The van der Waals surface area contributed by atoms with Crippen LogP contribution < -0.4 is 10.9 Å². The molecule has 2 rings (SSSR count). The normalized spacial score (nSPS) is 16.4. The van der Waals surface area contributed by atoms with Crippen molar-refractivity contribution in [3.8, 4) is 0 Å². The largest absolute Gasteiger partial charge is 0.379 e. The number of carbonyl (C=O) groups is 1. The quantitative estimate of drug-likeness (QED) is 0.705.